The number of benzene rings is 8. The molecule has 80 heavy (non-hydrogen) atoms. The van der Waals surface area contributed by atoms with Crippen molar-refractivity contribution in [2.75, 3.05) is 24.9 Å². The molecule has 1 aliphatic carbocycles. The van der Waals surface area contributed by atoms with Crippen LogP contribution in [0.4, 0.5) is 0 Å². The Kier molecular flexibility index (Phi) is 32.3. The van der Waals surface area contributed by atoms with Gasteiger partial charge in [0.2, 0.25) is 0 Å². The van der Waals surface area contributed by atoms with Gasteiger partial charge in [-0.15, -0.1) is 19.1 Å². The summed E-state index contributed by atoms with van der Waals surface area (Å²) in [7, 11) is -3.39. The number of hydrogen-bond acceptors (Lipinski definition) is 2. The quantitative estimate of drug-likeness (QED) is 0.0654. The first-order valence-corrected chi connectivity index (χ1v) is 35.5. The van der Waals surface area contributed by atoms with Crippen LogP contribution in [0.1, 0.15) is 52.9 Å². The van der Waals surface area contributed by atoms with E-state index in [9.17, 15) is 0 Å². The minimum Gasteiger partial charge on any atom is -0.791 e. The third kappa shape index (κ3) is 21.9. The van der Waals surface area contributed by atoms with Gasteiger partial charge in [0.1, 0.15) is 74.1 Å². The monoisotopic (exact) mass is 1530 g/mol. The van der Waals surface area contributed by atoms with Crippen LogP contribution in [0.2, 0.25) is 0 Å². The average Bonchev–Trinajstić information content (AvgIpc) is 3.50. The minimum atomic E-state index is -0.847. The summed E-state index contributed by atoms with van der Waals surface area (Å²) in [5.74, 6) is 4.13. The predicted molar refractivity (Wildman–Crippen MR) is 357 cm³/mol. The minimum absolute atomic E-state index is 0. The molecule has 8 aromatic carbocycles. The van der Waals surface area contributed by atoms with Gasteiger partial charge in [0, 0.05) is 0 Å². The maximum atomic E-state index is 5.18. The Morgan fingerprint density at radius 1 is 0.400 bits per heavy atom. The van der Waals surface area contributed by atoms with Crippen molar-refractivity contribution in [1.29, 1.82) is 0 Å². The number of rotatable bonds is 13. The van der Waals surface area contributed by atoms with Crippen LogP contribution in [0.3, 0.4) is 0 Å². The molecule has 8 aromatic rings. The molecule has 11 rings (SSSR count). The van der Waals surface area contributed by atoms with Gasteiger partial charge >= 0.3 is 65.8 Å². The Hall–Kier alpha value is -2.41. The van der Waals surface area contributed by atoms with Crippen LogP contribution >= 0.6 is 31.7 Å². The van der Waals surface area contributed by atoms with E-state index in [2.05, 4.69) is 286 Å². The standard InChI is InChI=1S/2C25H22P2.C12H18N2.C7H14S2.2Ag.Pt/c2*1-5-13-22(14-6-1)26(23-15-7-2-8-16-23)21-27(24-17-9-3-10-18-24)25-19-11-4-12-20-25;1-9-3-5-13-11(7-9)12-8-10(2)4-6-14-12;1-5-2-3-6(8)7(9)4-5;;;/h2*1-20H,21H2;3,7,10,12H,4-6,8H2,1-2H3;5-9H,2-4H2,1H3;;;/q;;-2;;2*+1;+2/p+2. The van der Waals surface area contributed by atoms with Crippen molar-refractivity contribution in [1.82, 2.24) is 0 Å². The van der Waals surface area contributed by atoms with Crippen molar-refractivity contribution in [3.63, 3.8) is 0 Å². The van der Waals surface area contributed by atoms with E-state index < -0.39 is 31.7 Å². The van der Waals surface area contributed by atoms with E-state index in [1.807, 2.05) is 0 Å². The summed E-state index contributed by atoms with van der Waals surface area (Å²) in [6.07, 6.45) is 10.4. The van der Waals surface area contributed by atoms with E-state index in [0.29, 0.717) is 16.5 Å². The largest absolute Gasteiger partial charge is 2.00 e. The first kappa shape index (κ1) is 68.4. The van der Waals surface area contributed by atoms with Crippen molar-refractivity contribution < 1.29 is 65.8 Å². The summed E-state index contributed by atoms with van der Waals surface area (Å²) < 4.78 is 0. The average molecular weight is 1530 g/mol. The molecule has 0 spiro atoms. The molecule has 0 bridgehead atoms. The number of hydrogen-bond donors (Lipinski definition) is 0. The van der Waals surface area contributed by atoms with Gasteiger partial charge in [-0.2, -0.15) is 16.2 Å². The fourth-order valence-electron chi connectivity index (χ4n) is 10.3. The van der Waals surface area contributed by atoms with Crippen LogP contribution < -0.4 is 42.4 Å². The molecule has 0 N–H and O–H groups in total. The molecule has 5 atom stereocenters. The number of nitrogens with zero attached hydrogens (tertiary/aromatic N) is 2. The molecule has 2 nitrogen and oxygen atoms in total. The van der Waals surface area contributed by atoms with E-state index in [-0.39, 0.29) is 65.8 Å². The Labute approximate surface area is 542 Å². The van der Waals surface area contributed by atoms with Crippen LogP contribution in [0, 0.1) is 11.8 Å². The zero-order chi connectivity index (χ0) is 53.4. The molecule has 424 valence electrons. The van der Waals surface area contributed by atoms with E-state index in [4.69, 9.17) is 25.3 Å². The normalized spacial score (nSPS) is 18.3. The van der Waals surface area contributed by atoms with Crippen LogP contribution in [0.5, 0.6) is 0 Å². The van der Waals surface area contributed by atoms with E-state index in [1.54, 1.807) is 0 Å². The molecule has 5 unspecified atom stereocenters. The Balaban J connectivity index is 0.000000208. The SMILES string of the molecule is CC1=CC[N-]C(C2CC(C)CC[N-]2)=C1.CC1CCC([S-])C([S-])C1.[Ag+].[Ag+].[Pt+2].c1ccc([PH+](C[PH+](c2ccccc2)c2ccccc2)c2ccccc2)cc1.c1ccc([PH+](C[PH+](c2ccccc2)c2ccccc2)c2ccccc2)cc1. The number of piperidine rings is 1. The molecular formula is C69H78Ag2N2P4PtS2+4. The first-order valence-electron chi connectivity index (χ1n) is 27.7. The summed E-state index contributed by atoms with van der Waals surface area (Å²) in [5.41, 5.74) is 2.54. The van der Waals surface area contributed by atoms with Gasteiger partial charge in [-0.05, 0) is 116 Å². The van der Waals surface area contributed by atoms with E-state index in [1.165, 1.54) is 97.6 Å². The van der Waals surface area contributed by atoms with Gasteiger partial charge in [0.05, 0.1) is 0 Å². The molecule has 11 heteroatoms. The fraction of sp³-hybridized carbons (Fsp3) is 0.246. The maximum absolute atomic E-state index is 5.18. The smallest absolute Gasteiger partial charge is 0.791 e. The van der Waals surface area contributed by atoms with Crippen molar-refractivity contribution in [2.24, 2.45) is 11.8 Å². The Morgan fingerprint density at radius 3 is 0.938 bits per heavy atom. The van der Waals surface area contributed by atoms with Crippen LogP contribution in [-0.2, 0) is 91.1 Å². The Bertz CT molecular complexity index is 2480. The van der Waals surface area contributed by atoms with Gasteiger partial charge < -0.3 is 35.9 Å². The van der Waals surface area contributed by atoms with E-state index >= 15 is 0 Å². The molecule has 0 amide bonds. The zero-order valence-electron chi connectivity index (χ0n) is 46.1. The van der Waals surface area contributed by atoms with Crippen LogP contribution in [0.15, 0.2) is 266 Å². The third-order valence-corrected chi connectivity index (χ3v) is 29.8. The first-order chi connectivity index (χ1) is 37.8. The summed E-state index contributed by atoms with van der Waals surface area (Å²) in [4.78, 5) is 0. The topological polar surface area (TPSA) is 28.2 Å². The van der Waals surface area contributed by atoms with Gasteiger partial charge in [-0.1, -0.05) is 209 Å². The summed E-state index contributed by atoms with van der Waals surface area (Å²) >= 11 is 10.3. The second-order valence-corrected chi connectivity index (χ2v) is 33.1. The summed E-state index contributed by atoms with van der Waals surface area (Å²) in [6.45, 7) is 8.58. The van der Waals surface area contributed by atoms with Gasteiger partial charge in [0.25, 0.3) is 0 Å². The van der Waals surface area contributed by atoms with Gasteiger partial charge in [-0.25, -0.2) is 0 Å². The Morgan fingerprint density at radius 2 is 0.688 bits per heavy atom. The second-order valence-electron chi connectivity index (χ2n) is 20.6. The van der Waals surface area contributed by atoms with Gasteiger partial charge in [-0.3, -0.25) is 0 Å². The predicted octanol–water partition coefficient (Wildman–Crippen LogP) is 14.4. The molecule has 2 aliphatic heterocycles. The molecule has 0 radical (unpaired) electrons. The number of allylic oxidation sites excluding steroid dienone is 2. The summed E-state index contributed by atoms with van der Waals surface area (Å²) in [6, 6.07) is 89.3. The van der Waals surface area contributed by atoms with E-state index in [0.717, 1.165) is 24.9 Å². The van der Waals surface area contributed by atoms with Crippen LogP contribution in [0.25, 0.3) is 10.6 Å². The molecule has 1 saturated heterocycles. The second kappa shape index (κ2) is 37.8. The molecule has 2 heterocycles. The van der Waals surface area contributed by atoms with Crippen molar-refractivity contribution in [3.8, 4) is 0 Å². The third-order valence-electron chi connectivity index (χ3n) is 14.7. The van der Waals surface area contributed by atoms with Gasteiger partial charge in [0.15, 0.2) is 11.8 Å². The van der Waals surface area contributed by atoms with Crippen molar-refractivity contribution >= 4 is 99.4 Å². The van der Waals surface area contributed by atoms with Crippen LogP contribution in [-0.4, -0.2) is 41.4 Å². The molecule has 1 saturated carbocycles. The molecule has 3 aliphatic rings. The fourth-order valence-corrected chi connectivity index (χ4v) is 26.5. The molecular weight excluding hydrogens is 1460 g/mol. The zero-order valence-corrected chi connectivity index (χ0v) is 57.0. The molecule has 2 fully saturated rings. The molecule has 0 aromatic heterocycles. The summed E-state index contributed by atoms with van der Waals surface area (Å²) in [5, 5.41) is 22.0. The maximum Gasteiger partial charge on any atom is 2.00 e. The van der Waals surface area contributed by atoms with Crippen molar-refractivity contribution in [3.05, 3.63) is 277 Å². The van der Waals surface area contributed by atoms with Crippen molar-refractivity contribution in [2.45, 2.75) is 69.4 Å².